The summed E-state index contributed by atoms with van der Waals surface area (Å²) in [6.07, 6.45) is 25.8. The zero-order valence-electron chi connectivity index (χ0n) is 69.4. The quantitative estimate of drug-likeness (QED) is 0.0861. The minimum Gasteiger partial charge on any atom is -0.562 e. The van der Waals surface area contributed by atoms with Crippen LogP contribution in [0.15, 0.2) is 299 Å². The molecule has 7 aromatic carbocycles. The Morgan fingerprint density at radius 3 is 0.800 bits per heavy atom. The van der Waals surface area contributed by atoms with Crippen molar-refractivity contribution >= 4 is 0 Å². The van der Waals surface area contributed by atoms with E-state index in [2.05, 4.69) is 327 Å². The van der Waals surface area contributed by atoms with Crippen molar-refractivity contribution in [2.75, 3.05) is 0 Å². The zero-order chi connectivity index (χ0) is 81.6. The van der Waals surface area contributed by atoms with E-state index in [9.17, 15) is 0 Å². The van der Waals surface area contributed by atoms with Crippen molar-refractivity contribution in [2.45, 2.75) is 112 Å². The first kappa shape index (κ1) is 82.5. The van der Waals surface area contributed by atoms with E-state index in [0.717, 1.165) is 196 Å². The number of hydrogen-bond donors (Lipinski definition) is 0. The Labute approximate surface area is 731 Å². The number of aromatic nitrogens is 11. The monoisotopic (exact) mass is 1910 g/mol. The summed E-state index contributed by atoms with van der Waals surface area (Å²) in [6.45, 7) is 28.2. The van der Waals surface area contributed by atoms with Gasteiger partial charge in [0.05, 0.1) is 11.6 Å². The SMILES string of the molecule is Cc1cc(C(C)(C)C)ncc1-c1ccc(-c2ccccc2-c2cc(-c3ccccc3-c3ccc(-c4[c-]cc(C(C)(C)C)nc4)nc3)cc(-c3cccc(-c4cc(-c5ccccc5-c5ccc(-c6[c-]cc(C(C)(C)C)nc6)nc5)cc(-c5ccccc5-c5ccc(-c6[c-]cc(C(C)(C)C)nc6)nc5)c4)c3-c3cnc(-n4[c-]cc[c-]4)nc3)c2)cn1.[Ir+3].[Ir]. The summed E-state index contributed by atoms with van der Waals surface area (Å²) in [4.78, 5) is 50.2. The predicted octanol–water partition coefficient (Wildman–Crippen LogP) is 25.9. The molecule has 17 rings (SSSR count). The van der Waals surface area contributed by atoms with Crippen LogP contribution in [0.4, 0.5) is 0 Å². The second-order valence-electron chi connectivity index (χ2n) is 34.4. The molecule has 10 aromatic heterocycles. The summed E-state index contributed by atoms with van der Waals surface area (Å²) in [5.41, 5.74) is 33.0. The van der Waals surface area contributed by atoms with Crippen molar-refractivity contribution in [2.24, 2.45) is 0 Å². The number of rotatable bonds is 16. The molecule has 0 aliphatic heterocycles. The molecule has 0 spiro atoms. The van der Waals surface area contributed by atoms with Gasteiger partial charge in [0.1, 0.15) is 0 Å². The van der Waals surface area contributed by atoms with Crippen LogP contribution in [0.1, 0.15) is 111 Å². The molecule has 17 aromatic rings. The average molecular weight is 1910 g/mol. The van der Waals surface area contributed by atoms with E-state index in [1.54, 1.807) is 4.57 Å². The zero-order valence-corrected chi connectivity index (χ0v) is 74.2. The van der Waals surface area contributed by atoms with Crippen molar-refractivity contribution in [3.63, 3.8) is 0 Å². The van der Waals surface area contributed by atoms with E-state index in [1.165, 1.54) is 0 Å². The molecule has 10 heterocycles. The largest absolute Gasteiger partial charge is 3.00 e. The molecule has 0 amide bonds. The Morgan fingerprint density at radius 1 is 0.250 bits per heavy atom. The molecular formula is C107H88Ir2N11-2. The molecule has 13 heteroatoms. The molecular weight excluding hydrogens is 1820 g/mol. The third-order valence-electron chi connectivity index (χ3n) is 21.8. The smallest absolute Gasteiger partial charge is 0.562 e. The summed E-state index contributed by atoms with van der Waals surface area (Å²) in [6, 6.07) is 94.3. The van der Waals surface area contributed by atoms with Gasteiger partial charge in [-0.15, -0.1) is 53.1 Å². The van der Waals surface area contributed by atoms with Gasteiger partial charge in [0.15, 0.2) is 0 Å². The van der Waals surface area contributed by atoms with Gasteiger partial charge in [-0.1, -0.05) is 259 Å². The normalized spacial score (nSPS) is 11.7. The van der Waals surface area contributed by atoms with E-state index in [4.69, 9.17) is 49.8 Å². The molecule has 0 aliphatic rings. The summed E-state index contributed by atoms with van der Waals surface area (Å²) < 4.78 is 1.69. The average Bonchev–Trinajstić information content (AvgIpc) is 0.947. The Morgan fingerprint density at radius 2 is 0.525 bits per heavy atom. The number of pyridine rings is 8. The van der Waals surface area contributed by atoms with Crippen LogP contribution in [-0.4, -0.2) is 54.4 Å². The molecule has 1 radical (unpaired) electrons. The van der Waals surface area contributed by atoms with Gasteiger partial charge in [-0.3, -0.25) is 22.2 Å². The third kappa shape index (κ3) is 17.3. The fourth-order valence-electron chi connectivity index (χ4n) is 15.2. The van der Waals surface area contributed by atoms with Gasteiger partial charge in [-0.25, -0.2) is 12.3 Å². The topological polar surface area (TPSA) is 134 Å². The Bertz CT molecular complexity index is 6360. The molecule has 11 nitrogen and oxygen atoms in total. The van der Waals surface area contributed by atoms with Gasteiger partial charge in [0, 0.05) is 96.8 Å². The van der Waals surface area contributed by atoms with Gasteiger partial charge in [0.25, 0.3) is 0 Å². The first-order valence-corrected chi connectivity index (χ1v) is 40.0. The van der Waals surface area contributed by atoms with Crippen LogP contribution in [-0.2, 0) is 61.9 Å². The van der Waals surface area contributed by atoms with Crippen LogP contribution in [0.2, 0.25) is 0 Å². The Kier molecular flexibility index (Phi) is 23.4. The fourth-order valence-corrected chi connectivity index (χ4v) is 15.2. The molecule has 120 heavy (non-hydrogen) atoms. The van der Waals surface area contributed by atoms with E-state index >= 15 is 0 Å². The van der Waals surface area contributed by atoms with E-state index in [0.29, 0.717) is 5.95 Å². The van der Waals surface area contributed by atoms with Gasteiger partial charge in [0.2, 0.25) is 0 Å². The molecule has 0 N–H and O–H groups in total. The Balaban J connectivity index is 0.00000561. The summed E-state index contributed by atoms with van der Waals surface area (Å²) in [5.74, 6) is 0.442. The second-order valence-corrected chi connectivity index (χ2v) is 34.4. The van der Waals surface area contributed by atoms with Crippen LogP contribution in [0.5, 0.6) is 0 Å². The van der Waals surface area contributed by atoms with Crippen molar-refractivity contribution in [1.29, 1.82) is 0 Å². The number of benzene rings is 7. The Hall–Kier alpha value is -12.6. The second kappa shape index (κ2) is 34.0. The van der Waals surface area contributed by atoms with Crippen LogP contribution in [0, 0.1) is 37.5 Å². The van der Waals surface area contributed by atoms with Crippen LogP contribution in [0.25, 0.3) is 173 Å². The molecule has 0 saturated carbocycles. The minimum absolute atomic E-state index is 0. The number of aryl methyl sites for hydroxylation is 1. The fraction of sp³-hybridized carbons (Fsp3) is 0.159. The van der Waals surface area contributed by atoms with Gasteiger partial charge < -0.3 is 44.4 Å². The van der Waals surface area contributed by atoms with E-state index in [1.807, 2.05) is 92.3 Å². The maximum atomic E-state index is 5.19. The van der Waals surface area contributed by atoms with Crippen molar-refractivity contribution in [1.82, 2.24) is 54.4 Å². The summed E-state index contributed by atoms with van der Waals surface area (Å²) in [7, 11) is 0. The van der Waals surface area contributed by atoms with Gasteiger partial charge in [-0.2, -0.15) is 0 Å². The molecule has 0 saturated heterocycles. The first-order valence-electron chi connectivity index (χ1n) is 40.0. The van der Waals surface area contributed by atoms with Crippen molar-refractivity contribution < 1.29 is 40.2 Å². The molecule has 0 bridgehead atoms. The molecule has 591 valence electrons. The minimum atomic E-state index is -0.114. The molecule has 0 atom stereocenters. The summed E-state index contributed by atoms with van der Waals surface area (Å²) >= 11 is 0. The maximum Gasteiger partial charge on any atom is 3.00 e. The molecule has 0 aliphatic carbocycles. The van der Waals surface area contributed by atoms with E-state index in [-0.39, 0.29) is 61.9 Å². The standard InChI is InChI=1S/C107H88N11.2Ir/c1-68-51-101(107(11,12)13)115-67-93(68)97-45-38-72(61-111-97)86-28-17-21-32-90(86)79-53-78(89-31-20-16-27-85(89)71-37-44-96(110-60-71)75-41-48-100(114-64-75)106(8,9)10)56-81(57-79)92-34-24-33-91(102(92)82-65-116-103(117-66-82)118-49-22-23-50-118)80-54-76(87-29-18-14-25-83(87)69-35-42-94(108-58-69)73-39-46-98(112-62-73)104(2,3)4)52-77(55-80)88-30-19-15-26-84(88)70-36-43-95(109-59-70)74-40-47-99(113-63-74)105(5,6)7;;/h14-38,42-48,51-67H,1-13H3;;/q-5;;+3. The summed E-state index contributed by atoms with van der Waals surface area (Å²) in [5, 5.41) is 0. The van der Waals surface area contributed by atoms with Crippen LogP contribution >= 0.6 is 0 Å². The van der Waals surface area contributed by atoms with Crippen molar-refractivity contribution in [3.8, 4) is 173 Å². The molecule has 0 unspecified atom stereocenters. The van der Waals surface area contributed by atoms with E-state index < -0.39 is 0 Å². The first-order chi connectivity index (χ1) is 56.9. The van der Waals surface area contributed by atoms with Crippen LogP contribution < -0.4 is 0 Å². The third-order valence-corrected chi connectivity index (χ3v) is 21.8. The van der Waals surface area contributed by atoms with Gasteiger partial charge in [-0.05, 0) is 217 Å². The van der Waals surface area contributed by atoms with Crippen molar-refractivity contribution in [3.05, 3.63) is 357 Å². The van der Waals surface area contributed by atoms with Gasteiger partial charge >= 0.3 is 20.1 Å². The van der Waals surface area contributed by atoms with Crippen LogP contribution in [0.3, 0.4) is 0 Å². The molecule has 0 fully saturated rings. The number of hydrogen-bond acceptors (Lipinski definition) is 10. The number of nitrogens with zero attached hydrogens (tertiary/aromatic N) is 11. The maximum absolute atomic E-state index is 5.19. The predicted molar refractivity (Wildman–Crippen MR) is 479 cm³/mol.